The summed E-state index contributed by atoms with van der Waals surface area (Å²) in [7, 11) is 0. The van der Waals surface area contributed by atoms with Gasteiger partial charge in [-0.1, -0.05) is 214 Å². The topological polar surface area (TPSA) is 78.9 Å². The molecule has 0 bridgehead atoms. The van der Waals surface area contributed by atoms with Crippen LogP contribution >= 0.6 is 0 Å². The molecule has 6 nitrogen and oxygen atoms in total. The van der Waals surface area contributed by atoms with E-state index in [4.69, 9.17) is 14.2 Å². The molecule has 0 unspecified atom stereocenters. The van der Waals surface area contributed by atoms with Gasteiger partial charge in [0.15, 0.2) is 6.10 Å². The monoisotopic (exact) mass is 751 g/mol. The fourth-order valence-electron chi connectivity index (χ4n) is 6.93. The molecular weight excluding hydrogens is 661 g/mol. The van der Waals surface area contributed by atoms with Crippen LogP contribution in [-0.4, -0.2) is 37.2 Å². The normalized spacial score (nSPS) is 12.1. The summed E-state index contributed by atoms with van der Waals surface area (Å²) >= 11 is 0. The molecule has 0 aromatic carbocycles. The van der Waals surface area contributed by atoms with Crippen molar-refractivity contribution in [2.75, 3.05) is 13.2 Å². The van der Waals surface area contributed by atoms with E-state index in [0.29, 0.717) is 19.3 Å². The van der Waals surface area contributed by atoms with Crippen LogP contribution < -0.4 is 0 Å². The van der Waals surface area contributed by atoms with Crippen LogP contribution in [0.4, 0.5) is 0 Å². The van der Waals surface area contributed by atoms with Crippen LogP contribution in [0.5, 0.6) is 0 Å². The first kappa shape index (κ1) is 51.4. The highest BCUT2D eigenvalue weighted by atomic mass is 16.6. The molecule has 6 heteroatoms. The lowest BCUT2D eigenvalue weighted by atomic mass is 10.0. The van der Waals surface area contributed by atoms with E-state index in [-0.39, 0.29) is 31.1 Å². The lowest BCUT2D eigenvalue weighted by molar-refractivity contribution is -0.167. The Balaban J connectivity index is 4.29. The number of hydrogen-bond acceptors (Lipinski definition) is 6. The van der Waals surface area contributed by atoms with Crippen LogP contribution in [0.2, 0.25) is 0 Å². The van der Waals surface area contributed by atoms with Crippen LogP contribution in [0, 0.1) is 11.8 Å². The first-order chi connectivity index (χ1) is 25.7. The predicted octanol–water partition coefficient (Wildman–Crippen LogP) is 14.6. The van der Waals surface area contributed by atoms with E-state index in [1.807, 2.05) is 0 Å². The first-order valence-electron chi connectivity index (χ1n) is 23.2. The number of carbonyl (C=O) groups is 3. The summed E-state index contributed by atoms with van der Waals surface area (Å²) in [4.78, 5) is 37.7. The maximum absolute atomic E-state index is 12.7. The van der Waals surface area contributed by atoms with Gasteiger partial charge in [-0.05, 0) is 31.1 Å². The van der Waals surface area contributed by atoms with Crippen LogP contribution in [-0.2, 0) is 28.6 Å². The first-order valence-corrected chi connectivity index (χ1v) is 23.2. The molecule has 53 heavy (non-hydrogen) atoms. The second kappa shape index (κ2) is 40.1. The summed E-state index contributed by atoms with van der Waals surface area (Å²) in [5, 5.41) is 0. The molecule has 0 aliphatic carbocycles. The molecule has 0 N–H and O–H groups in total. The van der Waals surface area contributed by atoms with Crippen molar-refractivity contribution in [2.45, 2.75) is 259 Å². The van der Waals surface area contributed by atoms with E-state index in [9.17, 15) is 14.4 Å². The molecule has 0 saturated heterocycles. The van der Waals surface area contributed by atoms with Crippen molar-refractivity contribution in [1.82, 2.24) is 0 Å². The van der Waals surface area contributed by atoms with Gasteiger partial charge in [-0.3, -0.25) is 14.4 Å². The quantitative estimate of drug-likeness (QED) is 0.0352. The molecule has 0 aliphatic heterocycles. The molecular formula is C47H90O6. The number of hydrogen-bond donors (Lipinski definition) is 0. The van der Waals surface area contributed by atoms with Gasteiger partial charge in [0.25, 0.3) is 0 Å². The number of rotatable bonds is 41. The fourth-order valence-corrected chi connectivity index (χ4v) is 6.93. The third-order valence-electron chi connectivity index (χ3n) is 10.5. The van der Waals surface area contributed by atoms with Crippen LogP contribution in [0.25, 0.3) is 0 Å². The van der Waals surface area contributed by atoms with E-state index in [2.05, 4.69) is 34.6 Å². The van der Waals surface area contributed by atoms with Crippen LogP contribution in [0.1, 0.15) is 253 Å². The molecule has 0 amide bonds. The zero-order chi connectivity index (χ0) is 39.0. The molecule has 1 atom stereocenters. The standard InChI is InChI=1S/C47H90O6/c1-6-7-8-9-10-11-12-13-14-15-18-21-27-32-37-45(48)51-40-44(53-47(50)39-34-29-24-23-26-31-36-43(4)5)41-52-46(49)38-33-28-22-19-16-17-20-25-30-35-42(2)3/h42-44H,6-41H2,1-5H3/t44-/m0/s1. The summed E-state index contributed by atoms with van der Waals surface area (Å²) in [5.41, 5.74) is 0. The van der Waals surface area contributed by atoms with E-state index in [1.54, 1.807) is 0 Å². The molecule has 0 aromatic rings. The van der Waals surface area contributed by atoms with Gasteiger partial charge in [-0.2, -0.15) is 0 Å². The SMILES string of the molecule is CCCCCCCCCCCCCCCCC(=O)OC[C@@H](COC(=O)CCCCCCCCCCCC(C)C)OC(=O)CCCCCCCCC(C)C. The summed E-state index contributed by atoms with van der Waals surface area (Å²) in [6.07, 6.45) is 38.2. The van der Waals surface area contributed by atoms with Crippen LogP contribution in [0.15, 0.2) is 0 Å². The average molecular weight is 751 g/mol. The minimum atomic E-state index is -0.761. The van der Waals surface area contributed by atoms with Crippen molar-refractivity contribution in [3.63, 3.8) is 0 Å². The Labute approximate surface area is 329 Å². The molecule has 0 rings (SSSR count). The molecule has 0 aromatic heterocycles. The molecule has 0 saturated carbocycles. The smallest absolute Gasteiger partial charge is 0.306 e. The Bertz CT molecular complexity index is 809. The van der Waals surface area contributed by atoms with Crippen molar-refractivity contribution in [3.05, 3.63) is 0 Å². The van der Waals surface area contributed by atoms with Crippen LogP contribution in [0.3, 0.4) is 0 Å². The van der Waals surface area contributed by atoms with Crippen molar-refractivity contribution in [3.8, 4) is 0 Å². The second-order valence-electron chi connectivity index (χ2n) is 17.0. The summed E-state index contributed by atoms with van der Waals surface area (Å²) in [5.74, 6) is 0.706. The Kier molecular flexibility index (Phi) is 38.9. The summed E-state index contributed by atoms with van der Waals surface area (Å²) < 4.78 is 16.7. The highest BCUT2D eigenvalue weighted by molar-refractivity contribution is 5.71. The van der Waals surface area contributed by atoms with Gasteiger partial charge < -0.3 is 14.2 Å². The Morgan fingerprint density at radius 1 is 0.358 bits per heavy atom. The molecule has 0 radical (unpaired) electrons. The largest absolute Gasteiger partial charge is 0.462 e. The number of carbonyl (C=O) groups excluding carboxylic acids is 3. The Morgan fingerprint density at radius 2 is 0.623 bits per heavy atom. The van der Waals surface area contributed by atoms with Crippen molar-refractivity contribution >= 4 is 17.9 Å². The minimum Gasteiger partial charge on any atom is -0.462 e. The van der Waals surface area contributed by atoms with Gasteiger partial charge in [0.2, 0.25) is 0 Å². The summed E-state index contributed by atoms with van der Waals surface area (Å²) in [6, 6.07) is 0. The lowest BCUT2D eigenvalue weighted by Gasteiger charge is -2.18. The van der Waals surface area contributed by atoms with Gasteiger partial charge in [-0.25, -0.2) is 0 Å². The van der Waals surface area contributed by atoms with Crippen molar-refractivity contribution < 1.29 is 28.6 Å². The number of ether oxygens (including phenoxy) is 3. The number of esters is 3. The lowest BCUT2D eigenvalue weighted by Crippen LogP contribution is -2.30. The van der Waals surface area contributed by atoms with Crippen molar-refractivity contribution in [2.24, 2.45) is 11.8 Å². The van der Waals surface area contributed by atoms with E-state index in [1.165, 1.54) is 141 Å². The van der Waals surface area contributed by atoms with E-state index in [0.717, 1.165) is 69.6 Å². The summed E-state index contributed by atoms with van der Waals surface area (Å²) in [6.45, 7) is 11.3. The van der Waals surface area contributed by atoms with Gasteiger partial charge >= 0.3 is 17.9 Å². The second-order valence-corrected chi connectivity index (χ2v) is 17.0. The third kappa shape index (κ3) is 41.4. The zero-order valence-corrected chi connectivity index (χ0v) is 36.1. The molecule has 0 fully saturated rings. The highest BCUT2D eigenvalue weighted by Gasteiger charge is 2.19. The highest BCUT2D eigenvalue weighted by Crippen LogP contribution is 2.16. The van der Waals surface area contributed by atoms with Gasteiger partial charge in [0.1, 0.15) is 13.2 Å². The fraction of sp³-hybridized carbons (Fsp3) is 0.936. The Morgan fingerprint density at radius 3 is 0.925 bits per heavy atom. The molecule has 0 aliphatic rings. The van der Waals surface area contributed by atoms with Gasteiger partial charge in [0.05, 0.1) is 0 Å². The van der Waals surface area contributed by atoms with E-state index < -0.39 is 6.10 Å². The maximum atomic E-state index is 12.7. The Hall–Kier alpha value is -1.59. The maximum Gasteiger partial charge on any atom is 0.306 e. The zero-order valence-electron chi connectivity index (χ0n) is 36.1. The van der Waals surface area contributed by atoms with Gasteiger partial charge in [0, 0.05) is 19.3 Å². The number of unbranched alkanes of at least 4 members (excludes halogenated alkanes) is 26. The molecule has 314 valence electrons. The average Bonchev–Trinajstić information content (AvgIpc) is 3.12. The predicted molar refractivity (Wildman–Crippen MR) is 224 cm³/mol. The van der Waals surface area contributed by atoms with E-state index >= 15 is 0 Å². The molecule has 0 spiro atoms. The third-order valence-corrected chi connectivity index (χ3v) is 10.5. The van der Waals surface area contributed by atoms with Gasteiger partial charge in [-0.15, -0.1) is 0 Å². The minimum absolute atomic E-state index is 0.0657. The van der Waals surface area contributed by atoms with Crippen molar-refractivity contribution in [1.29, 1.82) is 0 Å². The molecule has 0 heterocycles.